The number of carbonyl (C=O) groups is 1. The second-order valence-corrected chi connectivity index (χ2v) is 14.4. The highest BCUT2D eigenvalue weighted by atomic mass is 127. The van der Waals surface area contributed by atoms with Crippen LogP contribution in [-0.2, 0) is 25.7 Å². The number of carboxylic acids is 1. The van der Waals surface area contributed by atoms with E-state index >= 15 is 0 Å². The normalized spacial score (nSPS) is 21.4. The van der Waals surface area contributed by atoms with Crippen molar-refractivity contribution >= 4 is 78.4 Å². The van der Waals surface area contributed by atoms with Crippen molar-refractivity contribution < 1.29 is 27.4 Å². The number of hydrogen-bond acceptors (Lipinski definition) is 4. The van der Waals surface area contributed by atoms with Gasteiger partial charge in [0, 0.05) is 54.3 Å². The van der Waals surface area contributed by atoms with Crippen molar-refractivity contribution in [3.8, 4) is 0 Å². The van der Waals surface area contributed by atoms with Gasteiger partial charge in [0.25, 0.3) is 5.88 Å². The molecular weight excluding hydrogens is 754 g/mol. The molecule has 2 aromatic carbocycles. The van der Waals surface area contributed by atoms with Crippen LogP contribution >= 0.6 is 45.2 Å². The molecule has 7 nitrogen and oxygen atoms in total. The SMILES string of the molecule is CN1C(=CC=CC=CC=CC2=[N+](CS(=O)(=O)O)c3ccccc3C2(C)C)C(C)(CC(=O)O)c2c(I)cc(I)cc21. The molecule has 210 valence electrons. The number of aliphatic carboxylic acids is 1. The third-order valence-electron chi connectivity index (χ3n) is 7.42. The summed E-state index contributed by atoms with van der Waals surface area (Å²) in [6.45, 7) is 6.03. The molecule has 0 radical (unpaired) electrons. The Morgan fingerprint density at radius 3 is 2.38 bits per heavy atom. The summed E-state index contributed by atoms with van der Waals surface area (Å²) in [7, 11) is -2.27. The molecule has 0 spiro atoms. The predicted molar refractivity (Wildman–Crippen MR) is 176 cm³/mol. The smallest absolute Gasteiger partial charge is 0.326 e. The Labute approximate surface area is 262 Å². The highest BCUT2D eigenvalue weighted by Crippen LogP contribution is 2.51. The highest BCUT2D eigenvalue weighted by Gasteiger charge is 2.46. The maximum atomic E-state index is 11.8. The van der Waals surface area contributed by atoms with Crippen molar-refractivity contribution in [2.75, 3.05) is 17.8 Å². The van der Waals surface area contributed by atoms with Gasteiger partial charge in [0.1, 0.15) is 0 Å². The average molecular weight is 785 g/mol. The molecule has 10 heteroatoms. The van der Waals surface area contributed by atoms with E-state index < -0.39 is 32.8 Å². The number of fused-ring (bicyclic) bond motifs is 2. The molecule has 2 aliphatic rings. The van der Waals surface area contributed by atoms with E-state index in [2.05, 4.69) is 62.2 Å². The summed E-state index contributed by atoms with van der Waals surface area (Å²) in [6, 6.07) is 11.7. The zero-order valence-electron chi connectivity index (χ0n) is 22.6. The number of rotatable bonds is 8. The molecular formula is C30H31I2N2O5S+. The summed E-state index contributed by atoms with van der Waals surface area (Å²) in [5.74, 6) is -1.37. The van der Waals surface area contributed by atoms with E-state index in [0.717, 1.165) is 41.1 Å². The van der Waals surface area contributed by atoms with E-state index in [9.17, 15) is 22.9 Å². The first-order valence-electron chi connectivity index (χ1n) is 12.5. The molecule has 4 rings (SSSR count). The van der Waals surface area contributed by atoms with E-state index in [1.807, 2.05) is 94.6 Å². The second kappa shape index (κ2) is 11.5. The molecule has 2 N–H and O–H groups in total. The standard InChI is InChI=1S/C30H30I2N2O5S/c1-29(2)21-12-10-11-13-23(21)34(19-40(37,38)39)25(29)14-8-6-5-7-9-15-26-30(3,18-27(35)36)28-22(32)16-20(31)17-24(28)33(26)4/h5-17H,18-19H2,1-4H3,(H-,35,36,37,38,39)/p+1. The maximum absolute atomic E-state index is 11.8. The minimum absolute atomic E-state index is 0.0178. The Balaban J connectivity index is 1.60. The summed E-state index contributed by atoms with van der Waals surface area (Å²) in [4.78, 5) is 13.9. The van der Waals surface area contributed by atoms with Crippen molar-refractivity contribution in [2.45, 2.75) is 38.0 Å². The second-order valence-electron chi connectivity index (χ2n) is 10.6. The van der Waals surface area contributed by atoms with Crippen LogP contribution in [0.3, 0.4) is 0 Å². The van der Waals surface area contributed by atoms with Crippen LogP contribution in [0.2, 0.25) is 0 Å². The van der Waals surface area contributed by atoms with Crippen molar-refractivity contribution in [3.63, 3.8) is 0 Å². The molecule has 0 bridgehead atoms. The van der Waals surface area contributed by atoms with Crippen LogP contribution in [0, 0.1) is 7.14 Å². The Bertz CT molecular complexity index is 1640. The van der Waals surface area contributed by atoms with Crippen LogP contribution < -0.4 is 4.90 Å². The van der Waals surface area contributed by atoms with Gasteiger partial charge in [0.05, 0.1) is 11.8 Å². The molecule has 1 unspecified atom stereocenters. The van der Waals surface area contributed by atoms with E-state index in [0.29, 0.717) is 0 Å². The quantitative estimate of drug-likeness (QED) is 0.137. The molecule has 0 fully saturated rings. The van der Waals surface area contributed by atoms with Gasteiger partial charge in [0.2, 0.25) is 5.69 Å². The number of nitrogens with zero attached hydrogens (tertiary/aromatic N) is 2. The fourth-order valence-corrected chi connectivity index (χ4v) is 8.72. The average Bonchev–Trinajstić information content (AvgIpc) is 3.16. The number of anilines is 1. The first-order chi connectivity index (χ1) is 18.7. The zero-order chi connectivity index (χ0) is 29.5. The minimum atomic E-state index is -4.24. The lowest BCUT2D eigenvalue weighted by Gasteiger charge is -2.27. The number of benzene rings is 2. The minimum Gasteiger partial charge on any atom is -0.481 e. The molecule has 0 aliphatic carbocycles. The van der Waals surface area contributed by atoms with Crippen molar-refractivity contribution in [2.24, 2.45) is 0 Å². The van der Waals surface area contributed by atoms with E-state index in [-0.39, 0.29) is 6.42 Å². The number of allylic oxidation sites excluding steroid dienone is 8. The summed E-state index contributed by atoms with van der Waals surface area (Å²) >= 11 is 4.57. The van der Waals surface area contributed by atoms with Gasteiger partial charge in [-0.3, -0.25) is 9.35 Å². The molecule has 0 saturated heterocycles. The largest absolute Gasteiger partial charge is 0.481 e. The van der Waals surface area contributed by atoms with Crippen LogP contribution in [0.4, 0.5) is 11.4 Å². The molecule has 1 atom stereocenters. The van der Waals surface area contributed by atoms with E-state index in [1.54, 1.807) is 4.58 Å². The van der Waals surface area contributed by atoms with Crippen molar-refractivity contribution in [3.05, 3.63) is 103 Å². The maximum Gasteiger partial charge on any atom is 0.326 e. The summed E-state index contributed by atoms with van der Waals surface area (Å²) in [5.41, 5.74) is 4.36. The lowest BCUT2D eigenvalue weighted by molar-refractivity contribution is -0.416. The van der Waals surface area contributed by atoms with Gasteiger partial charge < -0.3 is 10.0 Å². The summed E-state index contributed by atoms with van der Waals surface area (Å²) < 4.78 is 36.9. The monoisotopic (exact) mass is 785 g/mol. The third-order valence-corrected chi connectivity index (χ3v) is 9.48. The van der Waals surface area contributed by atoms with Gasteiger partial charge in [-0.15, -0.1) is 0 Å². The summed E-state index contributed by atoms with van der Waals surface area (Å²) in [5, 5.41) is 9.71. The molecule has 2 aromatic rings. The predicted octanol–water partition coefficient (Wildman–Crippen LogP) is 6.55. The Morgan fingerprint density at radius 2 is 1.70 bits per heavy atom. The molecule has 0 saturated carbocycles. The molecule has 2 aliphatic heterocycles. The number of likely N-dealkylation sites (N-methyl/N-ethyl adjacent to an activating group) is 1. The van der Waals surface area contributed by atoms with E-state index in [4.69, 9.17) is 0 Å². The third kappa shape index (κ3) is 6.00. The highest BCUT2D eigenvalue weighted by molar-refractivity contribution is 14.1. The van der Waals surface area contributed by atoms with Crippen molar-refractivity contribution in [1.82, 2.24) is 0 Å². The molecule has 40 heavy (non-hydrogen) atoms. The zero-order valence-corrected chi connectivity index (χ0v) is 27.7. The number of carboxylic acid groups (broad SMARTS) is 1. The van der Waals surface area contributed by atoms with Crippen LogP contribution in [0.15, 0.2) is 84.6 Å². The Morgan fingerprint density at radius 1 is 1.05 bits per heavy atom. The number of hydrogen-bond donors (Lipinski definition) is 2. The number of para-hydroxylation sites is 1. The molecule has 0 amide bonds. The molecule has 0 aromatic heterocycles. The van der Waals surface area contributed by atoms with Gasteiger partial charge in [-0.25, -0.2) is 0 Å². The van der Waals surface area contributed by atoms with Gasteiger partial charge in [0.15, 0.2) is 5.71 Å². The van der Waals surface area contributed by atoms with E-state index in [1.165, 1.54) is 0 Å². The lowest BCUT2D eigenvalue weighted by Crippen LogP contribution is -2.29. The summed E-state index contributed by atoms with van der Waals surface area (Å²) in [6.07, 6.45) is 13.1. The molecule has 2 heterocycles. The Hall–Kier alpha value is -2.29. The first-order valence-corrected chi connectivity index (χ1v) is 16.3. The van der Waals surface area contributed by atoms with Gasteiger partial charge >= 0.3 is 16.1 Å². The van der Waals surface area contributed by atoms with Crippen LogP contribution in [-0.4, -0.2) is 47.3 Å². The Kier molecular flexibility index (Phi) is 8.84. The first kappa shape index (κ1) is 30.7. The fourth-order valence-electron chi connectivity index (χ4n) is 5.70. The fraction of sp³-hybridized carbons (Fsp3) is 0.267. The van der Waals surface area contributed by atoms with Crippen LogP contribution in [0.5, 0.6) is 0 Å². The van der Waals surface area contributed by atoms with Gasteiger partial charge in [-0.1, -0.05) is 48.6 Å². The van der Waals surface area contributed by atoms with Crippen LogP contribution in [0.25, 0.3) is 0 Å². The topological polar surface area (TPSA) is 97.9 Å². The van der Waals surface area contributed by atoms with Gasteiger partial charge in [-0.2, -0.15) is 13.0 Å². The van der Waals surface area contributed by atoms with Crippen molar-refractivity contribution in [1.29, 1.82) is 0 Å². The van der Waals surface area contributed by atoms with Crippen LogP contribution in [0.1, 0.15) is 38.3 Å². The lowest BCUT2D eigenvalue weighted by atomic mass is 9.78. The number of halogens is 2. The van der Waals surface area contributed by atoms with Gasteiger partial charge in [-0.05, 0) is 84.2 Å².